The molecule has 0 N–H and O–H groups in total. The van der Waals surface area contributed by atoms with Crippen molar-refractivity contribution in [3.8, 4) is 0 Å². The monoisotopic (exact) mass is 396 g/mol. The van der Waals surface area contributed by atoms with Gasteiger partial charge in [0.1, 0.15) is 0 Å². The minimum absolute atomic E-state index is 0. The Morgan fingerprint density at radius 3 is 2.57 bits per heavy atom. The maximum atomic E-state index is 2.61. The Bertz CT molecular complexity index is 638. The van der Waals surface area contributed by atoms with Crippen LogP contribution in [0.25, 0.3) is 10.8 Å². The molecule has 0 heterocycles. The van der Waals surface area contributed by atoms with Crippen LogP contribution in [0.2, 0.25) is 0 Å². The van der Waals surface area contributed by atoms with E-state index in [-0.39, 0.29) is 54.5 Å². The smallest absolute Gasteiger partial charge is 1.00 e. The molecule has 4 rings (SSSR count). The van der Waals surface area contributed by atoms with Gasteiger partial charge in [-0.3, -0.25) is 0 Å². The molecule has 4 heteroatoms. The first-order valence-electron chi connectivity index (χ1n) is 7.39. The maximum absolute atomic E-state index is 2.61. The third kappa shape index (κ3) is 4.17. The van der Waals surface area contributed by atoms with Gasteiger partial charge in [0.2, 0.25) is 0 Å². The first-order valence-corrected chi connectivity index (χ1v) is 9.25. The summed E-state index contributed by atoms with van der Waals surface area (Å²) >= 11 is 0. The van der Waals surface area contributed by atoms with Crippen molar-refractivity contribution in [3.63, 3.8) is 0 Å². The molecule has 4 unspecified atom stereocenters. The van der Waals surface area contributed by atoms with E-state index in [1.54, 1.807) is 5.30 Å². The summed E-state index contributed by atoms with van der Waals surface area (Å²) in [6.45, 7) is 2.45. The minimum Gasteiger partial charge on any atom is -1.00 e. The quantitative estimate of drug-likeness (QED) is 0.334. The van der Waals surface area contributed by atoms with Gasteiger partial charge >= 0.3 is 21.7 Å². The van der Waals surface area contributed by atoms with Crippen LogP contribution in [0, 0.1) is 18.3 Å². The molecule has 0 aromatic heterocycles. The fraction of sp³-hybridized carbons (Fsp3) is 0.263. The number of benzene rings is 1. The second-order valence-electron chi connectivity index (χ2n) is 5.96. The molecule has 0 bridgehead atoms. The van der Waals surface area contributed by atoms with Gasteiger partial charge in [0.25, 0.3) is 0 Å². The predicted octanol–water partition coefficient (Wildman–Crippen LogP) is -1.36. The summed E-state index contributed by atoms with van der Waals surface area (Å²) in [7, 11) is -0.0838. The van der Waals surface area contributed by atoms with Gasteiger partial charge < -0.3 is 31.2 Å². The van der Waals surface area contributed by atoms with Crippen LogP contribution in [-0.2, 0) is 21.7 Å². The third-order valence-electron chi connectivity index (χ3n) is 4.76. The summed E-state index contributed by atoms with van der Waals surface area (Å²) in [4.78, 5) is 0. The largest absolute Gasteiger partial charge is 4.00 e. The van der Waals surface area contributed by atoms with Gasteiger partial charge in [-0.05, 0) is 12.6 Å². The average molecular weight is 397 g/mol. The van der Waals surface area contributed by atoms with Gasteiger partial charge in [-0.2, -0.15) is 6.07 Å². The molecule has 2 aromatic carbocycles. The van der Waals surface area contributed by atoms with E-state index in [1.165, 1.54) is 17.2 Å². The van der Waals surface area contributed by atoms with Crippen LogP contribution in [0.5, 0.6) is 0 Å². The second kappa shape index (κ2) is 8.93. The minimum atomic E-state index is -0.0838. The topological polar surface area (TPSA) is 0 Å². The van der Waals surface area contributed by atoms with Crippen molar-refractivity contribution in [1.29, 1.82) is 0 Å². The molecular formula is C19H19Cl2PTi. The van der Waals surface area contributed by atoms with Crippen molar-refractivity contribution in [2.45, 2.75) is 12.1 Å². The number of hydrogen-bond acceptors (Lipinski definition) is 0. The van der Waals surface area contributed by atoms with Gasteiger partial charge in [-0.1, -0.05) is 30.7 Å². The zero-order valence-corrected chi connectivity index (χ0v) is 17.0. The van der Waals surface area contributed by atoms with Crippen molar-refractivity contribution in [1.82, 2.24) is 0 Å². The molecule has 0 aliphatic heterocycles. The normalized spacial score (nSPS) is 25.9. The molecule has 118 valence electrons. The van der Waals surface area contributed by atoms with E-state index in [0.29, 0.717) is 5.92 Å². The van der Waals surface area contributed by atoms with E-state index >= 15 is 0 Å². The Morgan fingerprint density at radius 2 is 1.83 bits per heavy atom. The SMILES string of the molecule is CP(c1cc2ccccc2[cH-]1)C1[CH-]C2C=CC=CC2C1.[Cl-].[Cl-].[Ti+4]. The first kappa shape index (κ1) is 21.1. The van der Waals surface area contributed by atoms with Crippen LogP contribution in [0.1, 0.15) is 6.42 Å². The number of fused-ring (bicyclic) bond motifs is 2. The average Bonchev–Trinajstić information content (AvgIpc) is 3.10. The molecule has 1 saturated carbocycles. The molecule has 0 saturated heterocycles. The van der Waals surface area contributed by atoms with E-state index in [4.69, 9.17) is 0 Å². The fourth-order valence-corrected chi connectivity index (χ4v) is 5.63. The third-order valence-corrected chi connectivity index (χ3v) is 7.21. The number of hydrogen-bond donors (Lipinski definition) is 0. The molecule has 2 aliphatic carbocycles. The molecule has 1 fully saturated rings. The Balaban J connectivity index is 0.000000882. The van der Waals surface area contributed by atoms with E-state index < -0.39 is 0 Å². The first-order chi connectivity index (χ1) is 9.81. The Hall–Kier alpha value is 0.0343. The molecule has 23 heavy (non-hydrogen) atoms. The van der Waals surface area contributed by atoms with Crippen molar-refractivity contribution >= 4 is 24.0 Å². The summed E-state index contributed by atoms with van der Waals surface area (Å²) in [5.74, 6) is 1.43. The van der Waals surface area contributed by atoms with Crippen LogP contribution in [-0.4, -0.2) is 12.3 Å². The van der Waals surface area contributed by atoms with Crippen molar-refractivity contribution in [2.24, 2.45) is 11.8 Å². The summed E-state index contributed by atoms with van der Waals surface area (Å²) < 4.78 is 0. The molecule has 0 nitrogen and oxygen atoms in total. The molecule has 0 spiro atoms. The Kier molecular flexibility index (Phi) is 8.19. The zero-order chi connectivity index (χ0) is 13.5. The van der Waals surface area contributed by atoms with Crippen LogP contribution >= 0.6 is 7.92 Å². The van der Waals surface area contributed by atoms with Crippen LogP contribution in [0.3, 0.4) is 0 Å². The summed E-state index contributed by atoms with van der Waals surface area (Å²) in [6.07, 6.45) is 13.1. The van der Waals surface area contributed by atoms with E-state index in [0.717, 1.165) is 11.6 Å². The fourth-order valence-electron chi connectivity index (χ4n) is 3.54. The number of allylic oxidation sites excluding steroid dienone is 4. The van der Waals surface area contributed by atoms with Crippen molar-refractivity contribution in [3.05, 3.63) is 67.1 Å². The summed E-state index contributed by atoms with van der Waals surface area (Å²) in [5.41, 5.74) is 0.768. The zero-order valence-electron chi connectivity index (χ0n) is 13.0. The van der Waals surface area contributed by atoms with Crippen LogP contribution in [0.4, 0.5) is 0 Å². The molecule has 0 radical (unpaired) electrons. The Labute approximate surface area is 167 Å². The van der Waals surface area contributed by atoms with E-state index in [9.17, 15) is 0 Å². The van der Waals surface area contributed by atoms with Gasteiger partial charge in [-0.25, -0.2) is 0 Å². The molecule has 2 aliphatic rings. The van der Waals surface area contributed by atoms with Gasteiger partial charge in [0.15, 0.2) is 0 Å². The van der Waals surface area contributed by atoms with Gasteiger partial charge in [-0.15, -0.1) is 65.9 Å². The van der Waals surface area contributed by atoms with Crippen LogP contribution in [0.15, 0.2) is 60.7 Å². The Morgan fingerprint density at radius 1 is 1.09 bits per heavy atom. The van der Waals surface area contributed by atoms with Crippen molar-refractivity contribution < 1.29 is 46.5 Å². The summed E-state index contributed by atoms with van der Waals surface area (Å²) in [5, 5.41) is 4.35. The van der Waals surface area contributed by atoms with Crippen LogP contribution < -0.4 is 30.1 Å². The maximum Gasteiger partial charge on any atom is 4.00 e. The van der Waals surface area contributed by atoms with Gasteiger partial charge in [0.05, 0.1) is 0 Å². The van der Waals surface area contributed by atoms with Gasteiger partial charge in [0, 0.05) is 0 Å². The molecular weight excluding hydrogens is 378 g/mol. The van der Waals surface area contributed by atoms with Crippen molar-refractivity contribution in [2.75, 3.05) is 6.66 Å². The molecule has 4 atom stereocenters. The molecule has 2 aromatic rings. The van der Waals surface area contributed by atoms with E-state index in [2.05, 4.69) is 73.8 Å². The second-order valence-corrected chi connectivity index (χ2v) is 8.36. The van der Waals surface area contributed by atoms with E-state index in [1.807, 2.05) is 0 Å². The number of rotatable bonds is 2. The standard InChI is InChI=1S/C19H19P.2ClH.Ti/c1-20(18-10-14-6-2-3-7-15(14)11-18)19-12-16-8-4-5-9-17(16)13-19;;;/h2-12,16-17,19H,13H2,1H3;2*1H;/q-2;;;+4/p-2. The predicted molar refractivity (Wildman–Crippen MR) is 90.0 cm³/mol. The number of halogens is 2. The summed E-state index contributed by atoms with van der Waals surface area (Å²) in [6, 6.07) is 13.5. The molecule has 0 amide bonds.